The minimum absolute atomic E-state index is 0.275. The third-order valence-electron chi connectivity index (χ3n) is 5.94. The number of terminal acetylenes is 1. The number of nitrogens with zero attached hydrogens (tertiary/aromatic N) is 2. The first-order valence-corrected chi connectivity index (χ1v) is 15.6. The van der Waals surface area contributed by atoms with E-state index in [0.29, 0.717) is 19.8 Å². The molecule has 2 heterocycles. The number of carbonyl (C=O) groups is 2. The van der Waals surface area contributed by atoms with Crippen molar-refractivity contribution in [2.24, 2.45) is 0 Å². The van der Waals surface area contributed by atoms with E-state index in [1.165, 1.54) is 0 Å². The maximum absolute atomic E-state index is 11.2. The fraction of sp³-hybridized carbons (Fsp3) is 0.812. The van der Waals surface area contributed by atoms with Gasteiger partial charge in [0.05, 0.1) is 39.6 Å². The highest BCUT2D eigenvalue weighted by molar-refractivity contribution is 5.78. The van der Waals surface area contributed by atoms with Crippen LogP contribution in [0, 0.1) is 12.3 Å². The van der Waals surface area contributed by atoms with Crippen LogP contribution >= 0.6 is 0 Å². The number of methoxy groups -OCH3 is 5. The number of piperidine rings is 1. The van der Waals surface area contributed by atoms with Gasteiger partial charge in [0, 0.05) is 101 Å². The molecule has 0 spiro atoms. The highest BCUT2D eigenvalue weighted by Gasteiger charge is 2.18. The molecule has 44 heavy (non-hydrogen) atoms. The molecule has 12 nitrogen and oxygen atoms in total. The number of hydrogen-bond donors (Lipinski definition) is 3. The molecule has 3 N–H and O–H groups in total. The summed E-state index contributed by atoms with van der Waals surface area (Å²) in [6.45, 7) is 17.8. The zero-order valence-electron chi connectivity index (χ0n) is 28.8. The van der Waals surface area contributed by atoms with Crippen molar-refractivity contribution in [2.45, 2.75) is 39.0 Å². The second-order valence-corrected chi connectivity index (χ2v) is 9.51. The Balaban J connectivity index is -0.000000483. The summed E-state index contributed by atoms with van der Waals surface area (Å²) in [6.07, 6.45) is 11.5. The van der Waals surface area contributed by atoms with E-state index < -0.39 is 0 Å². The molecule has 2 fully saturated rings. The Kier molecular flexibility index (Phi) is 43.1. The normalized spacial score (nSPS) is 13.7. The van der Waals surface area contributed by atoms with E-state index in [1.807, 2.05) is 15.9 Å². The minimum atomic E-state index is 0.275. The largest absolute Gasteiger partial charge is 0.383 e. The van der Waals surface area contributed by atoms with Crippen molar-refractivity contribution in [1.82, 2.24) is 25.8 Å². The molecule has 260 valence electrons. The predicted molar refractivity (Wildman–Crippen MR) is 179 cm³/mol. The number of hydrogen-bond acceptors (Lipinski definition) is 10. The Morgan fingerprint density at radius 2 is 1.18 bits per heavy atom. The van der Waals surface area contributed by atoms with Gasteiger partial charge in [-0.05, 0) is 25.8 Å². The van der Waals surface area contributed by atoms with Gasteiger partial charge in [0.2, 0.25) is 11.8 Å². The van der Waals surface area contributed by atoms with Gasteiger partial charge in [-0.15, -0.1) is 13.0 Å². The highest BCUT2D eigenvalue weighted by atomic mass is 16.5. The van der Waals surface area contributed by atoms with Crippen molar-refractivity contribution in [2.75, 3.05) is 134 Å². The summed E-state index contributed by atoms with van der Waals surface area (Å²) in [6, 6.07) is 0. The first-order valence-electron chi connectivity index (χ1n) is 15.6. The summed E-state index contributed by atoms with van der Waals surface area (Å²) >= 11 is 0. The average Bonchev–Trinajstić information content (AvgIpc) is 3.46. The summed E-state index contributed by atoms with van der Waals surface area (Å²) in [5, 5.41) is 9.19. The van der Waals surface area contributed by atoms with E-state index in [4.69, 9.17) is 30.1 Å². The molecular formula is C32H65N5O7. The van der Waals surface area contributed by atoms with Gasteiger partial charge >= 0.3 is 0 Å². The van der Waals surface area contributed by atoms with Crippen LogP contribution in [0.3, 0.4) is 0 Å². The maximum atomic E-state index is 11.2. The lowest BCUT2D eigenvalue weighted by atomic mass is 10.1. The molecule has 2 rings (SSSR count). The Morgan fingerprint density at radius 3 is 1.59 bits per heavy atom. The zero-order valence-corrected chi connectivity index (χ0v) is 28.8. The quantitative estimate of drug-likeness (QED) is 0.110. The van der Waals surface area contributed by atoms with Crippen LogP contribution in [-0.2, 0) is 33.3 Å². The smallest absolute Gasteiger partial charge is 0.222 e. The Bertz CT molecular complexity index is 661. The van der Waals surface area contributed by atoms with E-state index in [2.05, 4.69) is 35.4 Å². The number of carbonyl (C=O) groups excluding carboxylic acids is 2. The lowest BCUT2D eigenvalue weighted by Crippen LogP contribution is -2.37. The molecule has 12 heteroatoms. The lowest BCUT2D eigenvalue weighted by molar-refractivity contribution is -0.134. The zero-order chi connectivity index (χ0) is 33.5. The van der Waals surface area contributed by atoms with Crippen LogP contribution in [0.1, 0.15) is 39.0 Å². The van der Waals surface area contributed by atoms with Gasteiger partial charge in [-0.3, -0.25) is 9.59 Å². The molecule has 0 aromatic heterocycles. The van der Waals surface area contributed by atoms with Crippen molar-refractivity contribution in [1.29, 1.82) is 0 Å². The van der Waals surface area contributed by atoms with Crippen LogP contribution in [0.5, 0.6) is 0 Å². The van der Waals surface area contributed by atoms with Crippen LogP contribution in [-0.4, -0.2) is 156 Å². The predicted octanol–water partition coefficient (Wildman–Crippen LogP) is 1.41. The summed E-state index contributed by atoms with van der Waals surface area (Å²) in [7, 11) is 8.37. The second-order valence-electron chi connectivity index (χ2n) is 9.51. The summed E-state index contributed by atoms with van der Waals surface area (Å²) in [5.41, 5.74) is 0. The molecule has 0 aromatic rings. The summed E-state index contributed by atoms with van der Waals surface area (Å²) in [5.74, 6) is 3.02. The van der Waals surface area contributed by atoms with Gasteiger partial charge in [0.25, 0.3) is 0 Å². The molecule has 0 aromatic carbocycles. The van der Waals surface area contributed by atoms with Crippen LogP contribution in [0.2, 0.25) is 0 Å². The SMILES string of the molecule is C#CCNCCOC.C=CCNCCOC.CCNCCOC.COCCN1CCCC1=O.COCCN1CCCCC1=O. The van der Waals surface area contributed by atoms with Crippen molar-refractivity contribution >= 4 is 11.8 Å². The molecule has 0 atom stereocenters. The highest BCUT2D eigenvalue weighted by Crippen LogP contribution is 2.09. The van der Waals surface area contributed by atoms with Gasteiger partial charge in [-0.2, -0.15) is 0 Å². The molecule has 0 bridgehead atoms. The molecule has 0 aliphatic carbocycles. The lowest BCUT2D eigenvalue weighted by Gasteiger charge is -2.26. The van der Waals surface area contributed by atoms with Gasteiger partial charge in [0.15, 0.2) is 0 Å². The van der Waals surface area contributed by atoms with Gasteiger partial charge in [-0.25, -0.2) is 0 Å². The van der Waals surface area contributed by atoms with Crippen molar-refractivity contribution in [3.63, 3.8) is 0 Å². The summed E-state index contributed by atoms with van der Waals surface area (Å²) < 4.78 is 24.1. The van der Waals surface area contributed by atoms with Crippen LogP contribution in [0.15, 0.2) is 12.7 Å². The maximum Gasteiger partial charge on any atom is 0.222 e. The van der Waals surface area contributed by atoms with Crippen LogP contribution in [0.4, 0.5) is 0 Å². The third-order valence-corrected chi connectivity index (χ3v) is 5.94. The van der Waals surface area contributed by atoms with E-state index in [9.17, 15) is 9.59 Å². The molecule has 0 radical (unpaired) electrons. The molecule has 0 unspecified atom stereocenters. The van der Waals surface area contributed by atoms with Crippen molar-refractivity contribution < 1.29 is 33.3 Å². The first kappa shape index (κ1) is 46.3. The number of likely N-dealkylation sites (tertiary alicyclic amines) is 2. The van der Waals surface area contributed by atoms with E-state index in [-0.39, 0.29) is 11.8 Å². The Hall–Kier alpha value is -2.08. The molecule has 2 amide bonds. The monoisotopic (exact) mass is 631 g/mol. The average molecular weight is 632 g/mol. The Labute approximate surface area is 268 Å². The standard InChI is InChI=1S/C8H15NO2.C7H13NO2.C6H13NO.C6H11NO.C5H13NO/c1-11-7-6-9-5-3-2-4-8(9)10;1-10-6-5-8-4-2-3-7(8)9;2*1-3-4-7-5-6-8-2;1-3-6-4-5-7-2/h2-7H2,1H3;2-6H2,1H3;3,7H,1,4-6H2,2H3;1,7H,4-6H2,2H3;6H,3-5H2,1-2H3. The fourth-order valence-corrected chi connectivity index (χ4v) is 3.51. The fourth-order valence-electron chi connectivity index (χ4n) is 3.51. The number of ether oxygens (including phenoxy) is 5. The Morgan fingerprint density at radius 1 is 0.727 bits per heavy atom. The number of likely N-dealkylation sites (N-methyl/N-ethyl adjacent to an activating group) is 1. The molecule has 0 saturated carbocycles. The van der Waals surface area contributed by atoms with Gasteiger partial charge in [-0.1, -0.05) is 18.9 Å². The van der Waals surface area contributed by atoms with Gasteiger partial charge in [0.1, 0.15) is 0 Å². The topological polar surface area (TPSA) is 123 Å². The van der Waals surface area contributed by atoms with Gasteiger partial charge < -0.3 is 49.4 Å². The number of rotatable bonds is 19. The molecule has 2 aliphatic rings. The molecular weight excluding hydrogens is 566 g/mol. The third kappa shape index (κ3) is 36.1. The van der Waals surface area contributed by atoms with Crippen molar-refractivity contribution in [3.8, 4) is 12.3 Å². The second kappa shape index (κ2) is 40.9. The summed E-state index contributed by atoms with van der Waals surface area (Å²) in [4.78, 5) is 25.9. The van der Waals surface area contributed by atoms with E-state index in [1.54, 1.807) is 35.5 Å². The van der Waals surface area contributed by atoms with E-state index in [0.717, 1.165) is 111 Å². The number of amides is 2. The first-order chi connectivity index (χ1) is 21.4. The van der Waals surface area contributed by atoms with Crippen molar-refractivity contribution in [3.05, 3.63) is 12.7 Å². The molecule has 2 aliphatic heterocycles. The van der Waals surface area contributed by atoms with Crippen LogP contribution < -0.4 is 16.0 Å². The minimum Gasteiger partial charge on any atom is -0.383 e. The van der Waals surface area contributed by atoms with E-state index >= 15 is 0 Å². The van der Waals surface area contributed by atoms with Crippen LogP contribution in [0.25, 0.3) is 0 Å². The number of nitrogens with one attached hydrogen (secondary N) is 3. The molecule has 2 saturated heterocycles.